The van der Waals surface area contributed by atoms with E-state index in [-0.39, 0.29) is 16.6 Å². The molecule has 1 aliphatic heterocycles. The van der Waals surface area contributed by atoms with E-state index in [1.54, 1.807) is 12.3 Å². The van der Waals surface area contributed by atoms with Crippen LogP contribution < -0.4 is 10.3 Å². The molecule has 0 fully saturated rings. The molecule has 0 saturated carbocycles. The third-order valence-electron chi connectivity index (χ3n) is 4.79. The highest BCUT2D eigenvalue weighted by Crippen LogP contribution is 2.36. The number of pyridine rings is 2. The third kappa shape index (κ3) is 4.69. The summed E-state index contributed by atoms with van der Waals surface area (Å²) in [6.07, 6.45) is 7.88. The van der Waals surface area contributed by atoms with Crippen LogP contribution in [-0.2, 0) is 12.8 Å². The molecule has 2 aromatic heterocycles. The maximum Gasteiger partial charge on any atom is 0.270 e. The standard InChI is InChI=1S/C22H19Cl2N3O2/c1-13-18(6-2-4-14-5-3-7-25-11-14)21(20(24)22(28)27-13)29-17-9-15(19-12-26-19)8-16(23)10-17/h3,5,7-12,19H,2,4,6H2,1H3,(H,27,28). The van der Waals surface area contributed by atoms with Crippen LogP contribution in [0.1, 0.15) is 34.8 Å². The van der Waals surface area contributed by atoms with Gasteiger partial charge in [0.05, 0.1) is 0 Å². The average molecular weight is 428 g/mol. The van der Waals surface area contributed by atoms with E-state index < -0.39 is 0 Å². The molecule has 1 atom stereocenters. The Kier molecular flexibility index (Phi) is 5.69. The van der Waals surface area contributed by atoms with Crippen molar-refractivity contribution in [3.63, 3.8) is 0 Å². The molecule has 0 amide bonds. The van der Waals surface area contributed by atoms with E-state index in [0.29, 0.717) is 22.9 Å². The van der Waals surface area contributed by atoms with E-state index in [1.165, 1.54) is 0 Å². The van der Waals surface area contributed by atoms with Gasteiger partial charge in [-0.1, -0.05) is 29.3 Å². The molecule has 1 unspecified atom stereocenters. The average Bonchev–Trinajstić information content (AvgIpc) is 3.54. The summed E-state index contributed by atoms with van der Waals surface area (Å²) in [5, 5.41) is 0.583. The van der Waals surface area contributed by atoms with Crippen molar-refractivity contribution < 1.29 is 4.74 Å². The second-order valence-corrected chi connectivity index (χ2v) is 7.80. The van der Waals surface area contributed by atoms with Gasteiger partial charge in [0.1, 0.15) is 16.8 Å². The Morgan fingerprint density at radius 3 is 2.76 bits per heavy atom. The number of aromatic nitrogens is 2. The van der Waals surface area contributed by atoms with E-state index in [0.717, 1.165) is 35.2 Å². The summed E-state index contributed by atoms with van der Waals surface area (Å²) in [5.41, 5.74) is 3.36. The van der Waals surface area contributed by atoms with Gasteiger partial charge in [-0.2, -0.15) is 0 Å². The first-order valence-electron chi connectivity index (χ1n) is 9.33. The molecule has 4 rings (SSSR count). The number of H-pyrrole nitrogens is 1. The maximum atomic E-state index is 12.2. The summed E-state index contributed by atoms with van der Waals surface area (Å²) in [5.74, 6) is 0.910. The lowest BCUT2D eigenvalue weighted by atomic mass is 10.0. The number of nitrogens with one attached hydrogen (secondary N) is 1. The molecule has 3 heterocycles. The van der Waals surface area contributed by atoms with Crippen LogP contribution in [0.25, 0.3) is 0 Å². The number of aliphatic imine (C=N–C) groups is 1. The SMILES string of the molecule is Cc1[nH]c(=O)c(Cl)c(Oc2cc(Cl)cc(C3C=N3)c2)c1CCCc1cccnc1. The van der Waals surface area contributed by atoms with Gasteiger partial charge in [0.25, 0.3) is 5.56 Å². The largest absolute Gasteiger partial charge is 0.455 e. The van der Waals surface area contributed by atoms with Crippen molar-refractivity contribution in [1.82, 2.24) is 9.97 Å². The van der Waals surface area contributed by atoms with E-state index in [4.69, 9.17) is 27.9 Å². The highest BCUT2D eigenvalue weighted by atomic mass is 35.5. The van der Waals surface area contributed by atoms with E-state index in [1.807, 2.05) is 43.6 Å². The lowest BCUT2D eigenvalue weighted by molar-refractivity contribution is 0.472. The topological polar surface area (TPSA) is 67.3 Å². The smallest absolute Gasteiger partial charge is 0.270 e. The molecule has 0 spiro atoms. The number of hydrogen-bond acceptors (Lipinski definition) is 4. The van der Waals surface area contributed by atoms with E-state index in [2.05, 4.69) is 15.0 Å². The number of rotatable bonds is 7. The van der Waals surface area contributed by atoms with Crippen LogP contribution in [0.5, 0.6) is 11.5 Å². The fourth-order valence-electron chi connectivity index (χ4n) is 3.28. The molecule has 5 nitrogen and oxygen atoms in total. The molecule has 3 aromatic rings. The molecular weight excluding hydrogens is 409 g/mol. The Bertz CT molecular complexity index is 1120. The van der Waals surface area contributed by atoms with Gasteiger partial charge in [0.15, 0.2) is 5.75 Å². The van der Waals surface area contributed by atoms with Gasteiger partial charge in [-0.15, -0.1) is 0 Å². The molecule has 0 aliphatic carbocycles. The van der Waals surface area contributed by atoms with Crippen molar-refractivity contribution in [2.75, 3.05) is 0 Å². The normalized spacial score (nSPS) is 14.8. The fourth-order valence-corrected chi connectivity index (χ4v) is 3.71. The van der Waals surface area contributed by atoms with Crippen LogP contribution in [0, 0.1) is 6.92 Å². The molecule has 0 radical (unpaired) electrons. The van der Waals surface area contributed by atoms with Crippen molar-refractivity contribution in [1.29, 1.82) is 0 Å². The van der Waals surface area contributed by atoms with Crippen LogP contribution in [0.3, 0.4) is 0 Å². The van der Waals surface area contributed by atoms with E-state index in [9.17, 15) is 4.79 Å². The van der Waals surface area contributed by atoms with Crippen molar-refractivity contribution in [3.8, 4) is 11.5 Å². The zero-order valence-corrected chi connectivity index (χ0v) is 17.3. The van der Waals surface area contributed by atoms with Crippen molar-refractivity contribution in [2.45, 2.75) is 32.2 Å². The van der Waals surface area contributed by atoms with Crippen LogP contribution in [0.15, 0.2) is 52.5 Å². The summed E-state index contributed by atoms with van der Waals surface area (Å²) >= 11 is 12.6. The zero-order chi connectivity index (χ0) is 20.4. The Morgan fingerprint density at radius 2 is 2.03 bits per heavy atom. The Balaban J connectivity index is 1.61. The summed E-state index contributed by atoms with van der Waals surface area (Å²) in [6.45, 7) is 1.85. The zero-order valence-electron chi connectivity index (χ0n) is 15.8. The molecule has 148 valence electrons. The second-order valence-electron chi connectivity index (χ2n) is 6.98. The van der Waals surface area contributed by atoms with Crippen LogP contribution >= 0.6 is 23.2 Å². The van der Waals surface area contributed by atoms with Crippen molar-refractivity contribution >= 4 is 29.4 Å². The summed E-state index contributed by atoms with van der Waals surface area (Å²) in [4.78, 5) is 23.4. The predicted octanol–water partition coefficient (Wildman–Crippen LogP) is 5.48. The number of benzene rings is 1. The third-order valence-corrected chi connectivity index (χ3v) is 5.36. The number of ether oxygens (including phenoxy) is 1. The number of nitrogens with zero attached hydrogens (tertiary/aromatic N) is 2. The minimum absolute atomic E-state index is 0.0381. The fraction of sp³-hybridized carbons (Fsp3) is 0.227. The van der Waals surface area contributed by atoms with Crippen molar-refractivity contribution in [2.24, 2.45) is 4.99 Å². The van der Waals surface area contributed by atoms with Gasteiger partial charge in [-0.25, -0.2) is 0 Å². The first kappa shape index (κ1) is 19.7. The molecule has 1 N–H and O–H groups in total. The summed E-state index contributed by atoms with van der Waals surface area (Å²) in [6, 6.07) is 9.45. The minimum Gasteiger partial charge on any atom is -0.455 e. The number of halogens is 2. The van der Waals surface area contributed by atoms with Gasteiger partial charge >= 0.3 is 0 Å². The van der Waals surface area contributed by atoms with Gasteiger partial charge in [0.2, 0.25) is 0 Å². The molecular formula is C22H19Cl2N3O2. The molecule has 29 heavy (non-hydrogen) atoms. The Morgan fingerprint density at radius 1 is 1.21 bits per heavy atom. The molecule has 7 heteroatoms. The van der Waals surface area contributed by atoms with E-state index >= 15 is 0 Å². The van der Waals surface area contributed by atoms with Crippen LogP contribution in [-0.4, -0.2) is 16.2 Å². The molecule has 1 aromatic carbocycles. The van der Waals surface area contributed by atoms with Crippen LogP contribution in [0.2, 0.25) is 10.0 Å². The second kappa shape index (κ2) is 8.39. The van der Waals surface area contributed by atoms with Gasteiger partial charge in [0, 0.05) is 34.9 Å². The molecule has 0 saturated heterocycles. The maximum absolute atomic E-state index is 12.2. The van der Waals surface area contributed by atoms with Gasteiger partial charge in [-0.05, 0) is 61.6 Å². The lowest BCUT2D eigenvalue weighted by Crippen LogP contribution is -2.13. The number of aromatic amines is 1. The monoisotopic (exact) mass is 427 g/mol. The first-order chi connectivity index (χ1) is 14.0. The predicted molar refractivity (Wildman–Crippen MR) is 116 cm³/mol. The minimum atomic E-state index is -0.372. The lowest BCUT2D eigenvalue weighted by Gasteiger charge is -2.16. The quantitative estimate of drug-likeness (QED) is 0.542. The molecule has 0 bridgehead atoms. The number of hydrogen-bond donors (Lipinski definition) is 1. The highest BCUT2D eigenvalue weighted by Gasteiger charge is 2.20. The Hall–Kier alpha value is -2.63. The van der Waals surface area contributed by atoms with Crippen molar-refractivity contribution in [3.05, 3.63) is 85.5 Å². The molecule has 1 aliphatic rings. The summed E-state index contributed by atoms with van der Waals surface area (Å²) < 4.78 is 6.10. The van der Waals surface area contributed by atoms with Gasteiger partial charge in [-0.3, -0.25) is 14.8 Å². The van der Waals surface area contributed by atoms with Crippen LogP contribution in [0.4, 0.5) is 0 Å². The first-order valence-corrected chi connectivity index (χ1v) is 10.1. The highest BCUT2D eigenvalue weighted by molar-refractivity contribution is 6.32. The van der Waals surface area contributed by atoms with Gasteiger partial charge < -0.3 is 9.72 Å². The number of aryl methyl sites for hydroxylation is 2. The Labute approximate surface area is 178 Å². The summed E-state index contributed by atoms with van der Waals surface area (Å²) in [7, 11) is 0.